The van der Waals surface area contributed by atoms with E-state index in [4.69, 9.17) is 0 Å². The highest BCUT2D eigenvalue weighted by Crippen LogP contribution is 2.42. The number of hydrogen-bond donors (Lipinski definition) is 12. The highest BCUT2D eigenvalue weighted by molar-refractivity contribution is 5.91. The summed E-state index contributed by atoms with van der Waals surface area (Å²) in [6, 6.07) is 80.2. The van der Waals surface area contributed by atoms with Crippen molar-refractivity contribution in [1.82, 2.24) is 41.2 Å². The molecule has 1 aliphatic rings. The number of aromatic nitrogens is 4. The molecule has 5 heterocycles. The number of fused-ring (bicyclic) bond motifs is 8. The lowest BCUT2D eigenvalue weighted by Gasteiger charge is -2.21. The number of carbonyl (C=O) groups is 4. The maximum Gasteiger partial charge on any atom is 0.319 e. The number of benzene rings is 8. The van der Waals surface area contributed by atoms with E-state index < -0.39 is 0 Å². The van der Waals surface area contributed by atoms with E-state index in [1.165, 1.54) is 0 Å². The average Bonchev–Trinajstić information content (AvgIpc) is 1.61. The number of rotatable bonds is 16. The molecule has 13 rings (SSSR count). The van der Waals surface area contributed by atoms with Crippen molar-refractivity contribution in [3.8, 4) is 0 Å². The van der Waals surface area contributed by atoms with Crippen LogP contribution in [0.5, 0.6) is 0 Å². The number of nitrogens with one attached hydrogen (secondary N) is 12. The van der Waals surface area contributed by atoms with E-state index in [2.05, 4.69) is 160 Å². The molecule has 96 heavy (non-hydrogen) atoms. The fourth-order valence-corrected chi connectivity index (χ4v) is 12.5. The maximum atomic E-state index is 13.3. The Morgan fingerprint density at radius 2 is 0.406 bits per heavy atom. The maximum absolute atomic E-state index is 13.3. The smallest absolute Gasteiger partial charge is 0.319 e. The Bertz CT molecular complexity index is 3970. The molecule has 0 spiro atoms. The van der Waals surface area contributed by atoms with Gasteiger partial charge in [0.25, 0.3) is 0 Å². The van der Waals surface area contributed by atoms with Gasteiger partial charge in [-0.25, -0.2) is 19.2 Å². The van der Waals surface area contributed by atoms with Crippen molar-refractivity contribution in [2.24, 2.45) is 0 Å². The van der Waals surface area contributed by atoms with Crippen LogP contribution in [0.25, 0.3) is 0 Å². The molecule has 480 valence electrons. The van der Waals surface area contributed by atoms with E-state index in [9.17, 15) is 19.2 Å². The summed E-state index contributed by atoms with van der Waals surface area (Å²) in [5, 5.41) is 24.1. The predicted molar refractivity (Wildman–Crippen MR) is 381 cm³/mol. The number of aromatic amines is 4. The Balaban J connectivity index is 0.861. The van der Waals surface area contributed by atoms with Gasteiger partial charge in [0, 0.05) is 94.5 Å². The molecule has 0 fully saturated rings. The molecule has 0 radical (unpaired) electrons. The number of urea groups is 4. The Morgan fingerprint density at radius 1 is 0.240 bits per heavy atom. The van der Waals surface area contributed by atoms with E-state index >= 15 is 0 Å². The third-order valence-electron chi connectivity index (χ3n) is 17.7. The molecule has 0 saturated heterocycles. The molecule has 8 aromatic carbocycles. The standard InChI is InChI=1S/C80H76N12O4/c1-49-5-13-53(14-6-49)45-81-77(93)85-61-29-21-57(22-30-61)73-65-37-39-67(89-65)74(58-23-31-62(32-24-58)86-78(94)82-46-54-15-7-50(2)8-16-54)69-41-43-71(91-69)76(60-27-35-64(36-28-60)88-80(96)84-48-56-19-11-52(4)12-20-56)72-44-42-70(92-72)75(68-40-38-66(73)90-68)59-25-33-63(34-26-59)87-79(95)83-47-55-17-9-51(3)10-18-55/h5-44,73-76,89-92H,45-48H2,1-4H3,(H2,81,85,93)(H2,82,86,94)(H2,83,87,95)(H2,84,88,96). The van der Waals surface area contributed by atoms with Crippen LogP contribution in [0.2, 0.25) is 0 Å². The first-order valence-electron chi connectivity index (χ1n) is 32.3. The van der Waals surface area contributed by atoms with Gasteiger partial charge in [-0.05, 0) is 169 Å². The van der Waals surface area contributed by atoms with Gasteiger partial charge in [-0.2, -0.15) is 0 Å². The third kappa shape index (κ3) is 15.2. The van der Waals surface area contributed by atoms with Gasteiger partial charge in [0.2, 0.25) is 0 Å². The summed E-state index contributed by atoms with van der Waals surface area (Å²) >= 11 is 0. The minimum atomic E-state index is -0.347. The van der Waals surface area contributed by atoms with Gasteiger partial charge in [-0.3, -0.25) is 0 Å². The van der Waals surface area contributed by atoms with Gasteiger partial charge in [0.05, 0.1) is 23.7 Å². The molecule has 8 bridgehead atoms. The SMILES string of the molecule is Cc1ccc(CNC(=O)Nc2ccc(C3c4ccc([nH]4)C(c4ccc(NC(=O)NCc5ccc(C)cc5)cc4)c4ccc([nH]4)C(c4ccc(NC(=O)NCc5ccc(C)cc5)cc4)c4ccc([nH]4)C(c4ccc(NC(=O)NCc5ccc(C)cc5)cc4)c4ccc3[nH]4)cc2)cc1. The van der Waals surface area contributed by atoms with Gasteiger partial charge in [-0.1, -0.05) is 168 Å². The van der Waals surface area contributed by atoms with Crippen LogP contribution < -0.4 is 42.5 Å². The number of amides is 8. The first-order valence-corrected chi connectivity index (χ1v) is 32.3. The average molecular weight is 1270 g/mol. The van der Waals surface area contributed by atoms with Crippen LogP contribution in [0.15, 0.2) is 243 Å². The highest BCUT2D eigenvalue weighted by atomic mass is 16.2. The molecule has 16 nitrogen and oxygen atoms in total. The van der Waals surface area contributed by atoms with Crippen molar-refractivity contribution in [2.45, 2.75) is 77.5 Å². The van der Waals surface area contributed by atoms with Crippen LogP contribution in [0.3, 0.4) is 0 Å². The summed E-state index contributed by atoms with van der Waals surface area (Å²) in [7, 11) is 0. The normalized spacial score (nSPS) is 14.8. The lowest BCUT2D eigenvalue weighted by atomic mass is 9.92. The summed E-state index contributed by atoms with van der Waals surface area (Å²) in [5.74, 6) is -1.39. The van der Waals surface area contributed by atoms with E-state index in [0.29, 0.717) is 48.9 Å². The largest absolute Gasteiger partial charge is 0.361 e. The van der Waals surface area contributed by atoms with Gasteiger partial charge in [0.15, 0.2) is 0 Å². The lowest BCUT2D eigenvalue weighted by molar-refractivity contribution is 0.251. The topological polar surface area (TPSA) is 228 Å². The zero-order chi connectivity index (χ0) is 66.1. The molecule has 16 heteroatoms. The third-order valence-corrected chi connectivity index (χ3v) is 17.7. The number of hydrogen-bond acceptors (Lipinski definition) is 4. The van der Waals surface area contributed by atoms with Crippen molar-refractivity contribution in [3.63, 3.8) is 0 Å². The van der Waals surface area contributed by atoms with E-state index in [1.54, 1.807) is 0 Å². The highest BCUT2D eigenvalue weighted by Gasteiger charge is 2.30. The summed E-state index contributed by atoms with van der Waals surface area (Å²) < 4.78 is 0. The van der Waals surface area contributed by atoms with Gasteiger partial charge < -0.3 is 62.5 Å². The van der Waals surface area contributed by atoms with Crippen molar-refractivity contribution in [2.75, 3.05) is 21.3 Å². The summed E-state index contributed by atoms with van der Waals surface area (Å²) in [5.41, 5.74) is 22.5. The first kappa shape index (κ1) is 62.8. The monoisotopic (exact) mass is 1270 g/mol. The fraction of sp³-hybridized carbons (Fsp3) is 0.150. The van der Waals surface area contributed by atoms with Crippen molar-refractivity contribution in [1.29, 1.82) is 0 Å². The number of aryl methyl sites for hydroxylation is 4. The second-order valence-electron chi connectivity index (χ2n) is 24.9. The van der Waals surface area contributed by atoms with E-state index in [1.807, 2.05) is 173 Å². The second kappa shape index (κ2) is 28.4. The van der Waals surface area contributed by atoms with Crippen LogP contribution in [-0.4, -0.2) is 44.1 Å². The molecule has 4 aromatic heterocycles. The molecule has 0 saturated carbocycles. The number of H-pyrrole nitrogens is 4. The molecule has 0 aliphatic carbocycles. The first-order chi connectivity index (χ1) is 46.7. The van der Waals surface area contributed by atoms with Crippen LogP contribution in [-0.2, 0) is 26.2 Å². The minimum Gasteiger partial charge on any atom is -0.361 e. The van der Waals surface area contributed by atoms with Crippen LogP contribution in [0, 0.1) is 27.7 Å². The quantitative estimate of drug-likeness (QED) is 0.0453. The summed E-state index contributed by atoms with van der Waals surface area (Å²) in [4.78, 5) is 69.0. The molecule has 1 aliphatic heterocycles. The Morgan fingerprint density at radius 3 is 0.573 bits per heavy atom. The van der Waals surface area contributed by atoms with Crippen LogP contribution >= 0.6 is 0 Å². The Hall–Kier alpha value is -12.0. The molecule has 12 N–H and O–H groups in total. The summed E-state index contributed by atoms with van der Waals surface area (Å²) in [6.45, 7) is 9.70. The Labute approximate surface area is 558 Å². The zero-order valence-electron chi connectivity index (χ0n) is 53.9. The van der Waals surface area contributed by atoms with Crippen LogP contribution in [0.4, 0.5) is 41.9 Å². The summed E-state index contributed by atoms with van der Waals surface area (Å²) in [6.07, 6.45) is 0. The minimum absolute atomic E-state index is 0.309. The molecular formula is C80H76N12O4. The van der Waals surface area contributed by atoms with Gasteiger partial charge in [0.1, 0.15) is 0 Å². The molecule has 8 amide bonds. The van der Waals surface area contributed by atoms with Gasteiger partial charge >= 0.3 is 24.1 Å². The Kier molecular flexibility index (Phi) is 18.6. The lowest BCUT2D eigenvalue weighted by Crippen LogP contribution is -2.28. The van der Waals surface area contributed by atoms with E-state index in [-0.39, 0.29) is 47.8 Å². The second-order valence-corrected chi connectivity index (χ2v) is 24.9. The zero-order valence-corrected chi connectivity index (χ0v) is 53.9. The van der Waals surface area contributed by atoms with Crippen molar-refractivity contribution >= 4 is 46.9 Å². The molecule has 0 atom stereocenters. The van der Waals surface area contributed by atoms with Crippen molar-refractivity contribution in [3.05, 3.63) is 355 Å². The molecule has 12 aromatic rings. The van der Waals surface area contributed by atoms with Crippen LogP contribution in [0.1, 0.15) is 136 Å². The molecule has 0 unspecified atom stereocenters. The van der Waals surface area contributed by atoms with Gasteiger partial charge in [-0.15, -0.1) is 0 Å². The van der Waals surface area contributed by atoms with E-state index in [0.717, 1.165) is 112 Å². The van der Waals surface area contributed by atoms with Crippen molar-refractivity contribution < 1.29 is 19.2 Å². The molecular weight excluding hydrogens is 1190 g/mol. The number of anilines is 4. The number of carbonyl (C=O) groups excluding carboxylic acids is 4. The fourth-order valence-electron chi connectivity index (χ4n) is 12.5. The predicted octanol–water partition coefficient (Wildman–Crippen LogP) is 16.6.